The Morgan fingerprint density at radius 2 is 1.82 bits per heavy atom. The minimum atomic E-state index is -4.87. The highest BCUT2D eigenvalue weighted by Gasteiger charge is 2.32. The molecule has 0 bridgehead atoms. The Morgan fingerprint density at radius 3 is 2.42 bits per heavy atom. The van der Waals surface area contributed by atoms with E-state index in [9.17, 15) is 30.8 Å². The van der Waals surface area contributed by atoms with Crippen LogP contribution in [0.5, 0.6) is 11.5 Å². The average molecular weight is 531 g/mol. The van der Waals surface area contributed by atoms with Crippen LogP contribution in [-0.2, 0) is 10.0 Å². The van der Waals surface area contributed by atoms with Crippen molar-refractivity contribution in [3.63, 3.8) is 0 Å². The second kappa shape index (κ2) is 9.43. The number of anilines is 1. The van der Waals surface area contributed by atoms with Crippen molar-refractivity contribution in [2.45, 2.75) is 18.9 Å². The van der Waals surface area contributed by atoms with Gasteiger partial charge in [0.1, 0.15) is 23.4 Å². The van der Waals surface area contributed by atoms with Gasteiger partial charge in [-0.3, -0.25) is 4.79 Å². The summed E-state index contributed by atoms with van der Waals surface area (Å²) in [5.41, 5.74) is -0.0349. The van der Waals surface area contributed by atoms with Crippen molar-refractivity contribution in [2.75, 3.05) is 24.2 Å². The third-order valence-corrected chi connectivity index (χ3v) is 5.64. The number of carbonyl (C=O) groups excluding carboxylic acids is 1. The van der Waals surface area contributed by atoms with E-state index in [1.807, 2.05) is 0 Å². The smallest absolute Gasteiger partial charge is 0.487 e. The highest BCUT2D eigenvalue weighted by atomic mass is 35.5. The van der Waals surface area contributed by atoms with E-state index < -0.39 is 45.5 Å². The number of benzene rings is 2. The van der Waals surface area contributed by atoms with Crippen LogP contribution in [0, 0.1) is 5.82 Å². The van der Waals surface area contributed by atoms with Crippen LogP contribution in [0.1, 0.15) is 16.8 Å². The van der Waals surface area contributed by atoms with Crippen molar-refractivity contribution in [2.24, 2.45) is 0 Å². The lowest BCUT2D eigenvalue weighted by atomic mass is 10.2. The highest BCUT2D eigenvalue weighted by molar-refractivity contribution is 7.89. The Bertz CT molecular complexity index is 1180. The molecule has 1 aliphatic heterocycles. The lowest BCUT2D eigenvalue weighted by molar-refractivity contribution is -0.274. The quantitative estimate of drug-likeness (QED) is 0.558. The number of ether oxygens (including phenoxy) is 2. The van der Waals surface area contributed by atoms with E-state index in [0.717, 1.165) is 24.5 Å². The second-order valence-corrected chi connectivity index (χ2v) is 9.67. The minimum absolute atomic E-state index is 0.0520. The zero-order valence-corrected chi connectivity index (χ0v) is 19.1. The molecule has 7 nitrogen and oxygen atoms in total. The van der Waals surface area contributed by atoms with E-state index in [-0.39, 0.29) is 15.8 Å². The van der Waals surface area contributed by atoms with E-state index >= 15 is 0 Å². The minimum Gasteiger partial charge on any atom is -0.487 e. The fourth-order valence-corrected chi connectivity index (χ4v) is 4.02. The number of hydrogen-bond acceptors (Lipinski definition) is 6. The maximum atomic E-state index is 14.4. The first-order valence-electron chi connectivity index (χ1n) is 9.20. The van der Waals surface area contributed by atoms with E-state index in [1.54, 1.807) is 9.62 Å². The van der Waals surface area contributed by atoms with Gasteiger partial charge in [0.25, 0.3) is 5.91 Å². The molecule has 0 aliphatic carbocycles. The first kappa shape index (κ1) is 25.2. The Kier molecular flexibility index (Phi) is 7.20. The van der Waals surface area contributed by atoms with E-state index in [0.29, 0.717) is 25.2 Å². The number of amides is 1. The van der Waals surface area contributed by atoms with Crippen molar-refractivity contribution < 1.29 is 40.2 Å². The molecule has 33 heavy (non-hydrogen) atoms. The van der Waals surface area contributed by atoms with Gasteiger partial charge in [0.15, 0.2) is 0 Å². The van der Waals surface area contributed by atoms with Crippen LogP contribution < -0.4 is 19.1 Å². The fraction of sp³-hybridized carbons (Fsp3) is 0.316. The molecule has 0 radical (unpaired) electrons. The molecule has 14 heteroatoms. The average Bonchev–Trinajstić information content (AvgIpc) is 3.12. The second-order valence-electron chi connectivity index (χ2n) is 7.10. The van der Waals surface area contributed by atoms with Crippen molar-refractivity contribution >= 4 is 44.8 Å². The molecule has 0 saturated carbocycles. The fourth-order valence-electron chi connectivity index (χ4n) is 3.15. The van der Waals surface area contributed by atoms with Gasteiger partial charge in [0.2, 0.25) is 10.0 Å². The summed E-state index contributed by atoms with van der Waals surface area (Å²) in [6, 6.07) is 5.68. The molecule has 1 aliphatic rings. The SMILES string of the molecule is CS(=O)(=O)NC(=O)c1cc(Cl)c(OC2CCN(c3ccc(OC(F)(F)F)c(Cl)c3)C2)cc1F. The molecular formula is C19H16Cl2F4N2O5S. The molecule has 1 atom stereocenters. The van der Waals surface area contributed by atoms with Crippen molar-refractivity contribution in [3.8, 4) is 11.5 Å². The van der Waals surface area contributed by atoms with Gasteiger partial charge in [-0.15, -0.1) is 13.2 Å². The van der Waals surface area contributed by atoms with Gasteiger partial charge in [0, 0.05) is 24.7 Å². The normalized spacial score (nSPS) is 16.6. The molecule has 3 rings (SSSR count). The van der Waals surface area contributed by atoms with E-state index in [4.69, 9.17) is 27.9 Å². The molecule has 1 N–H and O–H groups in total. The summed E-state index contributed by atoms with van der Waals surface area (Å²) < 4.78 is 85.1. The summed E-state index contributed by atoms with van der Waals surface area (Å²) in [5.74, 6) is -2.78. The molecular weight excluding hydrogens is 515 g/mol. The summed E-state index contributed by atoms with van der Waals surface area (Å²) >= 11 is 12.0. The predicted molar refractivity (Wildman–Crippen MR) is 113 cm³/mol. The Labute approximate surface area is 196 Å². The third kappa shape index (κ3) is 6.78. The highest BCUT2D eigenvalue weighted by Crippen LogP contribution is 2.35. The molecule has 1 fully saturated rings. The first-order chi connectivity index (χ1) is 15.2. The molecule has 1 unspecified atom stereocenters. The monoisotopic (exact) mass is 530 g/mol. The Balaban J connectivity index is 1.68. The summed E-state index contributed by atoms with van der Waals surface area (Å²) in [4.78, 5) is 13.7. The van der Waals surface area contributed by atoms with Crippen molar-refractivity contribution in [1.82, 2.24) is 4.72 Å². The van der Waals surface area contributed by atoms with Crippen LogP contribution in [0.25, 0.3) is 0 Å². The maximum absolute atomic E-state index is 14.4. The summed E-state index contributed by atoms with van der Waals surface area (Å²) in [6.07, 6.45) is -4.10. The van der Waals surface area contributed by atoms with E-state index in [1.165, 1.54) is 12.1 Å². The van der Waals surface area contributed by atoms with Crippen LogP contribution in [0.4, 0.5) is 23.2 Å². The molecule has 0 spiro atoms. The lowest BCUT2D eigenvalue weighted by Crippen LogP contribution is -2.30. The van der Waals surface area contributed by atoms with Gasteiger partial charge >= 0.3 is 6.36 Å². The first-order valence-corrected chi connectivity index (χ1v) is 11.8. The molecule has 2 aromatic carbocycles. The molecule has 0 aromatic heterocycles. The van der Waals surface area contributed by atoms with Crippen LogP contribution in [-0.4, -0.2) is 46.1 Å². The van der Waals surface area contributed by atoms with Gasteiger partial charge in [0.05, 0.1) is 28.4 Å². The van der Waals surface area contributed by atoms with Gasteiger partial charge in [-0.25, -0.2) is 17.5 Å². The number of sulfonamides is 1. The van der Waals surface area contributed by atoms with Crippen LogP contribution >= 0.6 is 23.2 Å². The molecule has 1 heterocycles. The summed E-state index contributed by atoms with van der Waals surface area (Å²) in [5, 5.41) is -0.326. The van der Waals surface area contributed by atoms with Crippen LogP contribution in [0.15, 0.2) is 30.3 Å². The topological polar surface area (TPSA) is 84.9 Å². The number of hydrogen-bond donors (Lipinski definition) is 1. The zero-order valence-electron chi connectivity index (χ0n) is 16.7. The lowest BCUT2D eigenvalue weighted by Gasteiger charge is -2.20. The molecule has 180 valence electrons. The molecule has 2 aromatic rings. The van der Waals surface area contributed by atoms with Crippen LogP contribution in [0.3, 0.4) is 0 Å². The largest absolute Gasteiger partial charge is 0.573 e. The number of nitrogens with one attached hydrogen (secondary N) is 1. The van der Waals surface area contributed by atoms with Crippen molar-refractivity contribution in [3.05, 3.63) is 51.8 Å². The maximum Gasteiger partial charge on any atom is 0.573 e. The standard InChI is InChI=1S/C19H16Cl2F4N2O5S/c1-33(29,30)26-18(28)12-7-14(21)17(8-15(12)22)31-11-4-5-27(9-11)10-2-3-16(13(20)6-10)32-19(23,24)25/h2-3,6-8,11H,4-5,9H2,1H3,(H,26,28). The number of alkyl halides is 3. The van der Waals surface area contributed by atoms with Gasteiger partial charge < -0.3 is 14.4 Å². The number of carbonyl (C=O) groups is 1. The van der Waals surface area contributed by atoms with Gasteiger partial charge in [-0.1, -0.05) is 23.2 Å². The van der Waals surface area contributed by atoms with Gasteiger partial charge in [-0.05, 0) is 24.3 Å². The van der Waals surface area contributed by atoms with Crippen LogP contribution in [0.2, 0.25) is 10.0 Å². The number of rotatable bonds is 6. The Hall–Kier alpha value is -2.44. The summed E-state index contributed by atoms with van der Waals surface area (Å²) in [6.45, 7) is 0.763. The number of halogens is 6. The molecule has 1 amide bonds. The van der Waals surface area contributed by atoms with E-state index in [2.05, 4.69) is 4.74 Å². The summed E-state index contributed by atoms with van der Waals surface area (Å²) in [7, 11) is -3.90. The third-order valence-electron chi connectivity index (χ3n) is 4.49. The predicted octanol–water partition coefficient (Wildman–Crippen LogP) is 4.38. The van der Waals surface area contributed by atoms with Crippen molar-refractivity contribution in [1.29, 1.82) is 0 Å². The molecule has 1 saturated heterocycles. The number of nitrogens with zero attached hydrogens (tertiary/aromatic N) is 1. The Morgan fingerprint density at radius 1 is 1.15 bits per heavy atom. The van der Waals surface area contributed by atoms with Gasteiger partial charge in [-0.2, -0.15) is 0 Å². The zero-order chi connectivity index (χ0) is 24.6.